The summed E-state index contributed by atoms with van der Waals surface area (Å²) in [6, 6.07) is 9.90. The summed E-state index contributed by atoms with van der Waals surface area (Å²) in [5.41, 5.74) is 1.20. The minimum absolute atomic E-state index is 0.773. The summed E-state index contributed by atoms with van der Waals surface area (Å²) in [5.74, 6) is 0.875. The summed E-state index contributed by atoms with van der Waals surface area (Å²) >= 11 is 3.32. The molecule has 0 aliphatic rings. The minimum Gasteiger partial charge on any atom is -0.497 e. The molecule has 0 saturated carbocycles. The van der Waals surface area contributed by atoms with Crippen LogP contribution in [0.4, 0.5) is 0 Å². The van der Waals surface area contributed by atoms with Crippen LogP contribution < -0.4 is 4.74 Å². The highest BCUT2D eigenvalue weighted by Crippen LogP contribution is 2.12. The van der Waals surface area contributed by atoms with Gasteiger partial charge in [0.25, 0.3) is 0 Å². The van der Waals surface area contributed by atoms with E-state index in [0.29, 0.717) is 0 Å². The molecular formula is C11H11BrN2O. The predicted octanol–water partition coefficient (Wildman–Crippen LogP) is 2.70. The minimum atomic E-state index is 0.773. The second-order valence-corrected chi connectivity index (χ2v) is 4.00. The number of hydrogen-bond donors (Lipinski definition) is 0. The highest BCUT2D eigenvalue weighted by atomic mass is 79.9. The van der Waals surface area contributed by atoms with Crippen molar-refractivity contribution in [3.05, 3.63) is 46.7 Å². The van der Waals surface area contributed by atoms with Gasteiger partial charge in [-0.15, -0.1) is 0 Å². The van der Waals surface area contributed by atoms with E-state index in [9.17, 15) is 0 Å². The van der Waals surface area contributed by atoms with Gasteiger partial charge in [-0.25, -0.2) is 0 Å². The van der Waals surface area contributed by atoms with Gasteiger partial charge in [-0.05, 0) is 39.7 Å². The normalized spacial score (nSPS) is 10.3. The van der Waals surface area contributed by atoms with Gasteiger partial charge in [0, 0.05) is 6.20 Å². The number of halogens is 1. The third-order valence-corrected chi connectivity index (χ3v) is 2.53. The molecule has 0 radical (unpaired) electrons. The molecule has 4 heteroatoms. The van der Waals surface area contributed by atoms with Gasteiger partial charge in [-0.3, -0.25) is 4.68 Å². The molecule has 0 spiro atoms. The molecule has 78 valence electrons. The monoisotopic (exact) mass is 266 g/mol. The summed E-state index contributed by atoms with van der Waals surface area (Å²) in [7, 11) is 1.67. The Labute approximate surface area is 96.8 Å². The molecule has 0 bridgehead atoms. The number of hydrogen-bond acceptors (Lipinski definition) is 2. The third-order valence-electron chi connectivity index (χ3n) is 2.11. The van der Waals surface area contributed by atoms with E-state index in [1.165, 1.54) is 5.56 Å². The molecule has 1 aromatic heterocycles. The van der Waals surface area contributed by atoms with Crippen LogP contribution in [0, 0.1) is 0 Å². The van der Waals surface area contributed by atoms with Crippen LogP contribution in [0.5, 0.6) is 5.75 Å². The van der Waals surface area contributed by atoms with E-state index in [0.717, 1.165) is 16.9 Å². The van der Waals surface area contributed by atoms with Crippen molar-refractivity contribution in [1.29, 1.82) is 0 Å². The van der Waals surface area contributed by atoms with Gasteiger partial charge in [0.05, 0.1) is 13.7 Å². The summed E-state index contributed by atoms with van der Waals surface area (Å²) in [4.78, 5) is 0. The zero-order valence-electron chi connectivity index (χ0n) is 8.35. The van der Waals surface area contributed by atoms with Gasteiger partial charge in [-0.1, -0.05) is 12.1 Å². The summed E-state index contributed by atoms with van der Waals surface area (Å²) in [6.07, 6.45) is 1.94. The first-order valence-electron chi connectivity index (χ1n) is 4.60. The number of benzene rings is 1. The Hall–Kier alpha value is -1.29. The fourth-order valence-corrected chi connectivity index (χ4v) is 1.66. The van der Waals surface area contributed by atoms with Crippen LogP contribution in [0.15, 0.2) is 41.1 Å². The second kappa shape index (κ2) is 4.49. The quantitative estimate of drug-likeness (QED) is 0.854. The van der Waals surface area contributed by atoms with Crippen molar-refractivity contribution in [2.75, 3.05) is 7.11 Å². The van der Waals surface area contributed by atoms with Crippen molar-refractivity contribution in [2.45, 2.75) is 6.54 Å². The zero-order valence-corrected chi connectivity index (χ0v) is 9.94. The lowest BCUT2D eigenvalue weighted by atomic mass is 10.2. The van der Waals surface area contributed by atoms with Gasteiger partial charge in [0.1, 0.15) is 10.4 Å². The van der Waals surface area contributed by atoms with Crippen molar-refractivity contribution in [2.24, 2.45) is 0 Å². The molecule has 15 heavy (non-hydrogen) atoms. The van der Waals surface area contributed by atoms with Gasteiger partial charge >= 0.3 is 0 Å². The highest BCUT2D eigenvalue weighted by Gasteiger charge is 1.97. The van der Waals surface area contributed by atoms with Gasteiger partial charge in [0.15, 0.2) is 0 Å². The first-order valence-corrected chi connectivity index (χ1v) is 5.39. The van der Waals surface area contributed by atoms with Crippen LogP contribution >= 0.6 is 15.9 Å². The Kier molecular flexibility index (Phi) is 3.06. The predicted molar refractivity (Wildman–Crippen MR) is 62.0 cm³/mol. The lowest BCUT2D eigenvalue weighted by Gasteiger charge is -2.03. The topological polar surface area (TPSA) is 27.1 Å². The van der Waals surface area contributed by atoms with Crippen LogP contribution in [0.3, 0.4) is 0 Å². The van der Waals surface area contributed by atoms with E-state index in [2.05, 4.69) is 21.0 Å². The van der Waals surface area contributed by atoms with Crippen LogP contribution in [0.25, 0.3) is 0 Å². The molecule has 1 aromatic carbocycles. The summed E-state index contributed by atoms with van der Waals surface area (Å²) in [6.45, 7) is 0.773. The fourth-order valence-electron chi connectivity index (χ4n) is 1.34. The summed E-state index contributed by atoms with van der Waals surface area (Å²) < 4.78 is 7.83. The Morgan fingerprint density at radius 3 is 2.53 bits per heavy atom. The molecule has 1 heterocycles. The number of aromatic nitrogens is 2. The molecule has 0 aliphatic carbocycles. The first kappa shape index (κ1) is 10.2. The Morgan fingerprint density at radius 1 is 1.27 bits per heavy atom. The van der Waals surface area contributed by atoms with Crippen molar-refractivity contribution in [1.82, 2.24) is 9.78 Å². The van der Waals surface area contributed by atoms with Crippen LogP contribution in [-0.2, 0) is 6.54 Å². The number of methoxy groups -OCH3 is 1. The smallest absolute Gasteiger partial charge is 0.128 e. The van der Waals surface area contributed by atoms with Crippen molar-refractivity contribution >= 4 is 15.9 Å². The maximum absolute atomic E-state index is 5.09. The molecule has 0 amide bonds. The molecular weight excluding hydrogens is 256 g/mol. The van der Waals surface area contributed by atoms with Gasteiger partial charge in [-0.2, -0.15) is 5.10 Å². The zero-order chi connectivity index (χ0) is 10.7. The standard InChI is InChI=1S/C11H11BrN2O/c1-15-10-4-2-9(3-5-10)8-14-7-6-11(12)13-14/h2-7H,8H2,1H3. The molecule has 0 unspecified atom stereocenters. The average molecular weight is 267 g/mol. The second-order valence-electron chi connectivity index (χ2n) is 3.18. The Balaban J connectivity index is 2.11. The number of nitrogens with zero attached hydrogens (tertiary/aromatic N) is 2. The molecule has 0 aliphatic heterocycles. The van der Waals surface area contributed by atoms with E-state index in [1.807, 2.05) is 41.2 Å². The summed E-state index contributed by atoms with van der Waals surface area (Å²) in [5, 5.41) is 4.25. The maximum atomic E-state index is 5.09. The van der Waals surface area contributed by atoms with Gasteiger partial charge < -0.3 is 4.74 Å². The van der Waals surface area contributed by atoms with E-state index in [4.69, 9.17) is 4.74 Å². The van der Waals surface area contributed by atoms with E-state index in [-0.39, 0.29) is 0 Å². The SMILES string of the molecule is COc1ccc(Cn2ccc(Br)n2)cc1. The van der Waals surface area contributed by atoms with Gasteiger partial charge in [0.2, 0.25) is 0 Å². The lowest BCUT2D eigenvalue weighted by Crippen LogP contribution is -1.99. The van der Waals surface area contributed by atoms with Crippen molar-refractivity contribution in [3.8, 4) is 5.75 Å². The maximum Gasteiger partial charge on any atom is 0.128 e. The Morgan fingerprint density at radius 2 is 2.00 bits per heavy atom. The van der Waals surface area contributed by atoms with E-state index < -0.39 is 0 Å². The Bertz CT molecular complexity index is 436. The first-order chi connectivity index (χ1) is 7.28. The molecule has 0 saturated heterocycles. The van der Waals surface area contributed by atoms with Crippen LogP contribution in [0.1, 0.15) is 5.56 Å². The average Bonchev–Trinajstić information content (AvgIpc) is 2.65. The third kappa shape index (κ3) is 2.59. The van der Waals surface area contributed by atoms with Crippen LogP contribution in [-0.4, -0.2) is 16.9 Å². The van der Waals surface area contributed by atoms with Crippen LogP contribution in [0.2, 0.25) is 0 Å². The molecule has 0 atom stereocenters. The molecule has 0 fully saturated rings. The molecule has 0 N–H and O–H groups in total. The molecule has 3 nitrogen and oxygen atoms in total. The lowest BCUT2D eigenvalue weighted by molar-refractivity contribution is 0.414. The number of rotatable bonds is 3. The van der Waals surface area contributed by atoms with E-state index in [1.54, 1.807) is 7.11 Å². The fraction of sp³-hybridized carbons (Fsp3) is 0.182. The van der Waals surface area contributed by atoms with Crippen molar-refractivity contribution < 1.29 is 4.74 Å². The highest BCUT2D eigenvalue weighted by molar-refractivity contribution is 9.10. The number of ether oxygens (including phenoxy) is 1. The largest absolute Gasteiger partial charge is 0.497 e. The van der Waals surface area contributed by atoms with Crippen molar-refractivity contribution in [3.63, 3.8) is 0 Å². The molecule has 2 rings (SSSR count). The molecule has 2 aromatic rings. The van der Waals surface area contributed by atoms with E-state index >= 15 is 0 Å².